The van der Waals surface area contributed by atoms with Crippen LogP contribution in [0.4, 0.5) is 0 Å². The van der Waals surface area contributed by atoms with Crippen molar-refractivity contribution in [3.8, 4) is 0 Å². The zero-order chi connectivity index (χ0) is 10.3. The number of esters is 1. The third kappa shape index (κ3) is 4.88. The summed E-state index contributed by atoms with van der Waals surface area (Å²) in [4.78, 5) is 11.2. The summed E-state index contributed by atoms with van der Waals surface area (Å²) in [5.74, 6) is 0.349. The van der Waals surface area contributed by atoms with Crippen LogP contribution in [0, 0.1) is 5.92 Å². The molecular formula is C10H21NO2. The van der Waals surface area contributed by atoms with Crippen molar-refractivity contribution in [2.45, 2.75) is 39.7 Å². The van der Waals surface area contributed by atoms with Gasteiger partial charge in [0.2, 0.25) is 0 Å². The number of hydrogen-bond acceptors (Lipinski definition) is 3. The van der Waals surface area contributed by atoms with E-state index in [-0.39, 0.29) is 12.0 Å². The first-order valence-corrected chi connectivity index (χ1v) is 4.99. The van der Waals surface area contributed by atoms with E-state index in [1.807, 2.05) is 0 Å². The van der Waals surface area contributed by atoms with Crippen molar-refractivity contribution in [2.75, 3.05) is 13.7 Å². The lowest BCUT2D eigenvalue weighted by Crippen LogP contribution is -2.33. The second-order valence-electron chi connectivity index (χ2n) is 3.32. The van der Waals surface area contributed by atoms with Crippen molar-refractivity contribution in [1.82, 2.24) is 5.32 Å². The summed E-state index contributed by atoms with van der Waals surface area (Å²) in [5, 5.41) is 2.85. The molecule has 0 unspecified atom stereocenters. The molecule has 0 radical (unpaired) electrons. The van der Waals surface area contributed by atoms with Gasteiger partial charge in [-0.25, -0.2) is 0 Å². The van der Waals surface area contributed by atoms with E-state index in [1.54, 1.807) is 14.0 Å². The van der Waals surface area contributed by atoms with Gasteiger partial charge in [0.25, 0.3) is 0 Å². The van der Waals surface area contributed by atoms with Crippen molar-refractivity contribution in [3.05, 3.63) is 0 Å². The minimum absolute atomic E-state index is 0.158. The number of ether oxygens (including phenoxy) is 1. The molecule has 0 aliphatic heterocycles. The fraction of sp³-hybridized carbons (Fsp3) is 0.900. The molecule has 0 fully saturated rings. The summed E-state index contributed by atoms with van der Waals surface area (Å²) in [5.41, 5.74) is 0. The lowest BCUT2D eigenvalue weighted by atomic mass is 10.1. The predicted octanol–water partition coefficient (Wildman–Crippen LogP) is 1.57. The summed E-state index contributed by atoms with van der Waals surface area (Å²) >= 11 is 0. The fourth-order valence-electron chi connectivity index (χ4n) is 0.967. The average Bonchev–Trinajstić information content (AvgIpc) is 2.17. The van der Waals surface area contributed by atoms with Crippen LogP contribution in [0.2, 0.25) is 0 Å². The number of rotatable bonds is 6. The highest BCUT2D eigenvalue weighted by molar-refractivity contribution is 5.75. The van der Waals surface area contributed by atoms with Gasteiger partial charge < -0.3 is 10.1 Å². The van der Waals surface area contributed by atoms with E-state index in [0.29, 0.717) is 12.5 Å². The highest BCUT2D eigenvalue weighted by atomic mass is 16.5. The zero-order valence-electron chi connectivity index (χ0n) is 9.09. The van der Waals surface area contributed by atoms with Gasteiger partial charge in [0, 0.05) is 0 Å². The van der Waals surface area contributed by atoms with Crippen LogP contribution in [0.25, 0.3) is 0 Å². The van der Waals surface area contributed by atoms with Crippen molar-refractivity contribution < 1.29 is 9.53 Å². The highest BCUT2D eigenvalue weighted by Gasteiger charge is 2.13. The number of hydrogen-bond donors (Lipinski definition) is 1. The first kappa shape index (κ1) is 12.4. The quantitative estimate of drug-likeness (QED) is 0.641. The van der Waals surface area contributed by atoms with E-state index in [1.165, 1.54) is 0 Å². The molecule has 3 heteroatoms. The second-order valence-corrected chi connectivity index (χ2v) is 3.32. The molecular weight excluding hydrogens is 166 g/mol. The lowest BCUT2D eigenvalue weighted by molar-refractivity contribution is -0.147. The van der Waals surface area contributed by atoms with Gasteiger partial charge in [0.15, 0.2) is 0 Å². The highest BCUT2D eigenvalue weighted by Crippen LogP contribution is 2.07. The van der Waals surface area contributed by atoms with Gasteiger partial charge in [-0.05, 0) is 19.9 Å². The van der Waals surface area contributed by atoms with Gasteiger partial charge >= 0.3 is 5.97 Å². The SMILES string of the molecule is CCC(CC)COC(=O)[C@@H](C)NC. The third-order valence-electron chi connectivity index (χ3n) is 2.40. The van der Waals surface area contributed by atoms with Crippen LogP contribution in [0.15, 0.2) is 0 Å². The van der Waals surface area contributed by atoms with Crippen molar-refractivity contribution in [2.24, 2.45) is 5.92 Å². The molecule has 0 aliphatic carbocycles. The number of carbonyl (C=O) groups excluding carboxylic acids is 1. The lowest BCUT2D eigenvalue weighted by Gasteiger charge is -2.15. The largest absolute Gasteiger partial charge is 0.464 e. The molecule has 0 bridgehead atoms. The smallest absolute Gasteiger partial charge is 0.322 e. The Bertz CT molecular complexity index is 144. The van der Waals surface area contributed by atoms with Crippen molar-refractivity contribution >= 4 is 5.97 Å². The molecule has 1 atom stereocenters. The first-order valence-electron chi connectivity index (χ1n) is 4.99. The molecule has 13 heavy (non-hydrogen) atoms. The van der Waals surface area contributed by atoms with E-state index in [0.717, 1.165) is 12.8 Å². The van der Waals surface area contributed by atoms with Gasteiger partial charge in [-0.2, -0.15) is 0 Å². The third-order valence-corrected chi connectivity index (χ3v) is 2.40. The van der Waals surface area contributed by atoms with Gasteiger partial charge in [0.1, 0.15) is 6.04 Å². The molecule has 0 aromatic heterocycles. The maximum absolute atomic E-state index is 11.2. The van der Waals surface area contributed by atoms with Gasteiger partial charge in [-0.1, -0.05) is 26.7 Å². The second kappa shape index (κ2) is 6.89. The van der Waals surface area contributed by atoms with E-state index in [2.05, 4.69) is 19.2 Å². The van der Waals surface area contributed by atoms with Crippen LogP contribution in [-0.4, -0.2) is 25.7 Å². The van der Waals surface area contributed by atoms with Crippen LogP contribution in [0.1, 0.15) is 33.6 Å². The monoisotopic (exact) mass is 187 g/mol. The summed E-state index contributed by atoms with van der Waals surface area (Å²) in [6, 6.07) is -0.200. The molecule has 0 heterocycles. The van der Waals surface area contributed by atoms with Gasteiger partial charge in [-0.3, -0.25) is 4.79 Å². The van der Waals surface area contributed by atoms with Gasteiger partial charge in [-0.15, -0.1) is 0 Å². The minimum Gasteiger partial charge on any atom is -0.464 e. The van der Waals surface area contributed by atoms with E-state index in [4.69, 9.17) is 4.74 Å². The van der Waals surface area contributed by atoms with Crippen LogP contribution >= 0.6 is 0 Å². The predicted molar refractivity (Wildman–Crippen MR) is 53.6 cm³/mol. The Kier molecular flexibility index (Phi) is 6.59. The maximum atomic E-state index is 11.2. The molecule has 1 N–H and O–H groups in total. The number of likely N-dealkylation sites (N-methyl/N-ethyl adjacent to an activating group) is 1. The Labute approximate surface area is 80.8 Å². The Morgan fingerprint density at radius 1 is 1.38 bits per heavy atom. The number of carbonyl (C=O) groups is 1. The van der Waals surface area contributed by atoms with Crippen LogP contribution in [0.5, 0.6) is 0 Å². The molecule has 0 saturated carbocycles. The molecule has 0 saturated heterocycles. The van der Waals surface area contributed by atoms with Crippen LogP contribution < -0.4 is 5.32 Å². The molecule has 0 rings (SSSR count). The summed E-state index contributed by atoms with van der Waals surface area (Å²) in [6.07, 6.45) is 2.13. The van der Waals surface area contributed by atoms with Crippen LogP contribution in [0.3, 0.4) is 0 Å². The Hall–Kier alpha value is -0.570. The molecule has 78 valence electrons. The van der Waals surface area contributed by atoms with Crippen molar-refractivity contribution in [1.29, 1.82) is 0 Å². The van der Waals surface area contributed by atoms with E-state index < -0.39 is 0 Å². The topological polar surface area (TPSA) is 38.3 Å². The molecule has 3 nitrogen and oxygen atoms in total. The van der Waals surface area contributed by atoms with Crippen LogP contribution in [-0.2, 0) is 9.53 Å². The normalized spacial score (nSPS) is 13.0. The molecule has 0 aromatic rings. The fourth-order valence-corrected chi connectivity index (χ4v) is 0.967. The van der Waals surface area contributed by atoms with E-state index in [9.17, 15) is 4.79 Å². The molecule has 0 amide bonds. The summed E-state index contributed by atoms with van der Waals surface area (Å²) in [6.45, 7) is 6.58. The van der Waals surface area contributed by atoms with Gasteiger partial charge in [0.05, 0.1) is 6.61 Å². The standard InChI is InChI=1S/C10H21NO2/c1-5-9(6-2)7-13-10(12)8(3)11-4/h8-9,11H,5-7H2,1-4H3/t8-/m1/s1. The average molecular weight is 187 g/mol. The van der Waals surface area contributed by atoms with Crippen molar-refractivity contribution in [3.63, 3.8) is 0 Å². The molecule has 0 aromatic carbocycles. The Morgan fingerprint density at radius 2 is 1.92 bits per heavy atom. The Balaban J connectivity index is 3.68. The minimum atomic E-state index is -0.200. The summed E-state index contributed by atoms with van der Waals surface area (Å²) < 4.78 is 5.14. The first-order chi connectivity index (χ1) is 6.15. The maximum Gasteiger partial charge on any atom is 0.322 e. The number of nitrogens with one attached hydrogen (secondary N) is 1. The molecule has 0 spiro atoms. The molecule has 0 aliphatic rings. The zero-order valence-corrected chi connectivity index (χ0v) is 9.09. The Morgan fingerprint density at radius 3 is 2.31 bits per heavy atom. The van der Waals surface area contributed by atoms with E-state index >= 15 is 0 Å². The summed E-state index contributed by atoms with van der Waals surface area (Å²) in [7, 11) is 1.75.